The second-order valence-electron chi connectivity index (χ2n) is 5.96. The fourth-order valence-corrected chi connectivity index (χ4v) is 3.02. The Hall–Kier alpha value is -2.47. The van der Waals surface area contributed by atoms with Crippen LogP contribution in [-0.2, 0) is 13.0 Å². The summed E-state index contributed by atoms with van der Waals surface area (Å²) < 4.78 is 13.2. The monoisotopic (exact) mass is 329 g/mol. The van der Waals surface area contributed by atoms with Crippen LogP contribution in [0.15, 0.2) is 48.8 Å². The highest BCUT2D eigenvalue weighted by atomic mass is 19.1. The van der Waals surface area contributed by atoms with E-state index >= 15 is 0 Å². The van der Waals surface area contributed by atoms with Crippen molar-refractivity contribution < 1.29 is 14.3 Å². The summed E-state index contributed by atoms with van der Waals surface area (Å²) in [6, 6.07) is 9.40. The number of aliphatic hydroxyl groups is 1. The van der Waals surface area contributed by atoms with E-state index in [0.29, 0.717) is 24.9 Å². The maximum atomic E-state index is 13.2. The van der Waals surface area contributed by atoms with Crippen molar-refractivity contribution in [3.8, 4) is 0 Å². The van der Waals surface area contributed by atoms with Crippen LogP contribution in [0, 0.1) is 5.82 Å². The van der Waals surface area contributed by atoms with Gasteiger partial charge in [-0.1, -0.05) is 12.1 Å². The molecule has 1 fully saturated rings. The van der Waals surface area contributed by atoms with Gasteiger partial charge in [-0.3, -0.25) is 4.98 Å². The molecule has 2 atom stereocenters. The number of hydrogen-bond donors (Lipinski definition) is 2. The Bertz CT molecular complexity index is 696. The number of nitrogens with one attached hydrogen (secondary N) is 1. The number of aliphatic hydroxyl groups excluding tert-OH is 1. The van der Waals surface area contributed by atoms with Gasteiger partial charge in [-0.2, -0.15) is 0 Å². The molecule has 1 aromatic heterocycles. The fourth-order valence-electron chi connectivity index (χ4n) is 3.02. The Morgan fingerprint density at radius 3 is 2.83 bits per heavy atom. The van der Waals surface area contributed by atoms with Gasteiger partial charge in [0.1, 0.15) is 5.82 Å². The van der Waals surface area contributed by atoms with Crippen molar-refractivity contribution in [2.45, 2.75) is 31.5 Å². The summed E-state index contributed by atoms with van der Waals surface area (Å²) in [6.07, 6.45) is 3.99. The Morgan fingerprint density at radius 1 is 1.29 bits per heavy atom. The molecule has 2 amide bonds. The molecule has 0 unspecified atom stereocenters. The SMILES string of the molecule is O=C(NCc1cccc(F)c1)N1CC[C@H](O)[C@@H]1Cc1ccncc1. The second kappa shape index (κ2) is 7.40. The number of nitrogens with zero attached hydrogens (tertiary/aromatic N) is 2. The molecule has 5 nitrogen and oxygen atoms in total. The molecule has 3 rings (SSSR count). The number of carbonyl (C=O) groups excluding carboxylic acids is 1. The third-order valence-corrected chi connectivity index (χ3v) is 4.30. The van der Waals surface area contributed by atoms with Crippen LogP contribution in [0.4, 0.5) is 9.18 Å². The average Bonchev–Trinajstić information content (AvgIpc) is 2.95. The number of pyridine rings is 1. The molecule has 0 spiro atoms. The van der Waals surface area contributed by atoms with E-state index in [2.05, 4.69) is 10.3 Å². The number of halogens is 1. The lowest BCUT2D eigenvalue weighted by Gasteiger charge is -2.26. The molecule has 2 N–H and O–H groups in total. The number of hydrogen-bond acceptors (Lipinski definition) is 3. The Kier molecular flexibility index (Phi) is 5.05. The van der Waals surface area contributed by atoms with Gasteiger partial charge in [0.05, 0.1) is 12.1 Å². The van der Waals surface area contributed by atoms with Crippen molar-refractivity contribution in [2.24, 2.45) is 0 Å². The molecular formula is C18H20FN3O2. The van der Waals surface area contributed by atoms with E-state index < -0.39 is 6.10 Å². The van der Waals surface area contributed by atoms with E-state index in [0.717, 1.165) is 5.56 Å². The largest absolute Gasteiger partial charge is 0.391 e. The van der Waals surface area contributed by atoms with Crippen molar-refractivity contribution in [3.05, 3.63) is 65.7 Å². The molecule has 2 heterocycles. The van der Waals surface area contributed by atoms with Gasteiger partial charge in [0, 0.05) is 25.5 Å². The number of amides is 2. The van der Waals surface area contributed by atoms with Crippen LogP contribution >= 0.6 is 0 Å². The van der Waals surface area contributed by atoms with Gasteiger partial charge in [-0.25, -0.2) is 9.18 Å². The molecule has 0 saturated carbocycles. The zero-order chi connectivity index (χ0) is 16.9. The summed E-state index contributed by atoms with van der Waals surface area (Å²) in [5, 5.41) is 13.0. The van der Waals surface area contributed by atoms with Gasteiger partial charge in [-0.05, 0) is 48.2 Å². The van der Waals surface area contributed by atoms with Crippen LogP contribution in [0.3, 0.4) is 0 Å². The zero-order valence-electron chi connectivity index (χ0n) is 13.2. The first-order valence-electron chi connectivity index (χ1n) is 7.99. The molecule has 2 aromatic rings. The van der Waals surface area contributed by atoms with Gasteiger partial charge in [0.15, 0.2) is 0 Å². The quantitative estimate of drug-likeness (QED) is 0.903. The normalized spacial score (nSPS) is 20.2. The number of aromatic nitrogens is 1. The highest BCUT2D eigenvalue weighted by molar-refractivity contribution is 5.75. The topological polar surface area (TPSA) is 65.5 Å². The second-order valence-corrected chi connectivity index (χ2v) is 5.96. The minimum atomic E-state index is -0.543. The standard InChI is InChI=1S/C18H20FN3O2/c19-15-3-1-2-14(10-15)12-21-18(24)22-9-6-17(23)16(22)11-13-4-7-20-8-5-13/h1-5,7-8,10,16-17,23H,6,9,11-12H2,(H,21,24)/t16-,17-/m0/s1. The number of carbonyl (C=O) groups is 1. The highest BCUT2D eigenvalue weighted by Crippen LogP contribution is 2.22. The first-order valence-corrected chi connectivity index (χ1v) is 7.99. The molecule has 0 radical (unpaired) electrons. The smallest absolute Gasteiger partial charge is 0.318 e. The van der Waals surface area contributed by atoms with Crippen LogP contribution in [0.1, 0.15) is 17.5 Å². The van der Waals surface area contributed by atoms with Crippen molar-refractivity contribution in [3.63, 3.8) is 0 Å². The average molecular weight is 329 g/mol. The third-order valence-electron chi connectivity index (χ3n) is 4.30. The zero-order valence-corrected chi connectivity index (χ0v) is 13.2. The Labute approximate surface area is 140 Å². The Balaban J connectivity index is 1.62. The lowest BCUT2D eigenvalue weighted by atomic mass is 10.0. The summed E-state index contributed by atoms with van der Waals surface area (Å²) >= 11 is 0. The molecule has 1 aromatic carbocycles. The predicted octanol–water partition coefficient (Wildman–Crippen LogP) is 2.11. The van der Waals surface area contributed by atoms with Gasteiger partial charge >= 0.3 is 6.03 Å². The number of urea groups is 1. The molecule has 0 aliphatic carbocycles. The van der Waals surface area contributed by atoms with Crippen LogP contribution in [-0.4, -0.2) is 39.7 Å². The van der Waals surface area contributed by atoms with Gasteiger partial charge in [0.2, 0.25) is 0 Å². The van der Waals surface area contributed by atoms with E-state index in [9.17, 15) is 14.3 Å². The molecule has 1 saturated heterocycles. The summed E-state index contributed by atoms with van der Waals surface area (Å²) in [5.41, 5.74) is 1.73. The fraction of sp³-hybridized carbons (Fsp3) is 0.333. The molecule has 126 valence electrons. The summed E-state index contributed by atoms with van der Waals surface area (Å²) in [5.74, 6) is -0.325. The molecule has 6 heteroatoms. The summed E-state index contributed by atoms with van der Waals surface area (Å²) in [4.78, 5) is 18.1. The van der Waals surface area contributed by atoms with E-state index in [-0.39, 0.29) is 24.4 Å². The number of likely N-dealkylation sites (tertiary alicyclic amines) is 1. The maximum absolute atomic E-state index is 13.2. The third kappa shape index (κ3) is 3.89. The Morgan fingerprint density at radius 2 is 2.08 bits per heavy atom. The summed E-state index contributed by atoms with van der Waals surface area (Å²) in [7, 11) is 0. The van der Waals surface area contributed by atoms with Crippen LogP contribution in [0.25, 0.3) is 0 Å². The van der Waals surface area contributed by atoms with Gasteiger partial charge in [-0.15, -0.1) is 0 Å². The number of benzene rings is 1. The molecule has 24 heavy (non-hydrogen) atoms. The molecular weight excluding hydrogens is 309 g/mol. The number of rotatable bonds is 4. The lowest BCUT2D eigenvalue weighted by molar-refractivity contribution is 0.122. The van der Waals surface area contributed by atoms with Crippen molar-refractivity contribution in [1.29, 1.82) is 0 Å². The first-order chi connectivity index (χ1) is 11.6. The molecule has 0 bridgehead atoms. The predicted molar refractivity (Wildman–Crippen MR) is 87.7 cm³/mol. The van der Waals surface area contributed by atoms with Crippen molar-refractivity contribution >= 4 is 6.03 Å². The minimum Gasteiger partial charge on any atom is -0.391 e. The van der Waals surface area contributed by atoms with Gasteiger partial charge in [0.25, 0.3) is 0 Å². The van der Waals surface area contributed by atoms with Crippen LogP contribution in [0.5, 0.6) is 0 Å². The van der Waals surface area contributed by atoms with Crippen LogP contribution in [0.2, 0.25) is 0 Å². The molecule has 1 aliphatic rings. The van der Waals surface area contributed by atoms with E-state index in [1.54, 1.807) is 29.4 Å². The highest BCUT2D eigenvalue weighted by Gasteiger charge is 2.35. The minimum absolute atomic E-state index is 0.241. The van der Waals surface area contributed by atoms with E-state index in [4.69, 9.17) is 0 Å². The van der Waals surface area contributed by atoms with Crippen LogP contribution < -0.4 is 5.32 Å². The van der Waals surface area contributed by atoms with Gasteiger partial charge < -0.3 is 15.3 Å². The van der Waals surface area contributed by atoms with Crippen molar-refractivity contribution in [1.82, 2.24) is 15.2 Å². The lowest BCUT2D eigenvalue weighted by Crippen LogP contribution is -2.46. The first kappa shape index (κ1) is 16.4. The molecule has 1 aliphatic heterocycles. The van der Waals surface area contributed by atoms with E-state index in [1.165, 1.54) is 12.1 Å². The maximum Gasteiger partial charge on any atom is 0.318 e. The van der Waals surface area contributed by atoms with E-state index in [1.807, 2.05) is 12.1 Å². The van der Waals surface area contributed by atoms with Crippen molar-refractivity contribution in [2.75, 3.05) is 6.54 Å². The summed E-state index contributed by atoms with van der Waals surface area (Å²) in [6.45, 7) is 0.761.